The van der Waals surface area contributed by atoms with E-state index in [0.717, 1.165) is 12.2 Å². The van der Waals surface area contributed by atoms with Gasteiger partial charge in [-0.05, 0) is 16.3 Å². The molecule has 142 valence electrons. The molecule has 27 heavy (non-hydrogen) atoms. The maximum atomic E-state index is 11.2. The second-order valence-corrected chi connectivity index (χ2v) is 8.11. The Bertz CT molecular complexity index is 770. The van der Waals surface area contributed by atoms with Crippen molar-refractivity contribution < 1.29 is 19.1 Å². The molecule has 6 heteroatoms. The predicted octanol–water partition coefficient (Wildman–Crippen LogP) is 4.76. The van der Waals surface area contributed by atoms with Gasteiger partial charge in [0.05, 0.1) is 4.58 Å². The van der Waals surface area contributed by atoms with Crippen LogP contribution in [-0.2, 0) is 19.1 Å². The molecule has 2 aromatic carbocycles. The van der Waals surface area contributed by atoms with Crippen molar-refractivity contribution in [2.24, 2.45) is 0 Å². The van der Waals surface area contributed by atoms with Gasteiger partial charge in [-0.15, -0.1) is 23.5 Å². The zero-order chi connectivity index (χ0) is 19.5. The Balaban J connectivity index is 2.05. The smallest absolute Gasteiger partial charge is 0.330 e. The minimum atomic E-state index is -0.415. The Morgan fingerprint density at radius 3 is 2.04 bits per heavy atom. The molecule has 0 atom stereocenters. The van der Waals surface area contributed by atoms with E-state index in [9.17, 15) is 9.59 Å². The van der Waals surface area contributed by atoms with Crippen LogP contribution in [-0.4, -0.2) is 36.7 Å². The number of ether oxygens (including phenoxy) is 2. The standard InChI is InChI=1S/C21H22O4S2/c1-3-19(22)24-12-14-26-21(27-15-13-25-20(23)4-2)18-11-7-9-16-8-5-6-10-17(16)18/h3-11,21H,1-2,12-15H2. The van der Waals surface area contributed by atoms with E-state index in [1.165, 1.54) is 16.3 Å². The second kappa shape index (κ2) is 11.5. The Kier molecular flexibility index (Phi) is 9.01. The second-order valence-electron chi connectivity index (χ2n) is 5.39. The average Bonchev–Trinajstić information content (AvgIpc) is 2.71. The fourth-order valence-electron chi connectivity index (χ4n) is 2.40. The van der Waals surface area contributed by atoms with Crippen LogP contribution >= 0.6 is 23.5 Å². The van der Waals surface area contributed by atoms with E-state index in [4.69, 9.17) is 9.47 Å². The lowest BCUT2D eigenvalue weighted by atomic mass is 10.1. The zero-order valence-electron chi connectivity index (χ0n) is 15.0. The summed E-state index contributed by atoms with van der Waals surface area (Å²) in [4.78, 5) is 22.4. The average molecular weight is 403 g/mol. The summed E-state index contributed by atoms with van der Waals surface area (Å²) in [6.45, 7) is 7.43. The molecule has 2 rings (SSSR count). The van der Waals surface area contributed by atoms with E-state index in [1.54, 1.807) is 23.5 Å². The van der Waals surface area contributed by atoms with Crippen molar-refractivity contribution in [1.29, 1.82) is 0 Å². The van der Waals surface area contributed by atoms with Crippen LogP contribution in [0.2, 0.25) is 0 Å². The Hall–Kier alpha value is -2.18. The molecule has 0 aromatic heterocycles. The van der Waals surface area contributed by atoms with Gasteiger partial charge in [0.15, 0.2) is 0 Å². The number of carbonyl (C=O) groups is 2. The van der Waals surface area contributed by atoms with Gasteiger partial charge in [0.1, 0.15) is 13.2 Å². The van der Waals surface area contributed by atoms with Crippen molar-refractivity contribution in [2.75, 3.05) is 24.7 Å². The summed E-state index contributed by atoms with van der Waals surface area (Å²) in [6, 6.07) is 14.5. The molecule has 0 unspecified atom stereocenters. The van der Waals surface area contributed by atoms with Gasteiger partial charge >= 0.3 is 11.9 Å². The largest absolute Gasteiger partial charge is 0.462 e. The van der Waals surface area contributed by atoms with E-state index < -0.39 is 11.9 Å². The lowest BCUT2D eigenvalue weighted by Crippen LogP contribution is -2.07. The van der Waals surface area contributed by atoms with Gasteiger partial charge in [-0.2, -0.15) is 0 Å². The molecule has 0 heterocycles. The van der Waals surface area contributed by atoms with Crippen LogP contribution in [0.15, 0.2) is 67.8 Å². The first-order valence-electron chi connectivity index (χ1n) is 8.45. The lowest BCUT2D eigenvalue weighted by molar-refractivity contribution is -0.138. The van der Waals surface area contributed by atoms with Gasteiger partial charge in [-0.25, -0.2) is 9.59 Å². The van der Waals surface area contributed by atoms with Gasteiger partial charge in [0.2, 0.25) is 0 Å². The Morgan fingerprint density at radius 2 is 1.44 bits per heavy atom. The summed E-state index contributed by atoms with van der Waals surface area (Å²) in [7, 11) is 0. The van der Waals surface area contributed by atoms with Crippen molar-refractivity contribution >= 4 is 46.2 Å². The van der Waals surface area contributed by atoms with E-state index in [-0.39, 0.29) is 4.58 Å². The van der Waals surface area contributed by atoms with Gasteiger partial charge in [-0.3, -0.25) is 0 Å². The SMILES string of the molecule is C=CC(=O)OCCSC(SCCOC(=O)C=C)c1cccc2ccccc12. The molecule has 0 N–H and O–H groups in total. The third-order valence-corrected chi connectivity index (χ3v) is 6.34. The highest BCUT2D eigenvalue weighted by Crippen LogP contribution is 2.42. The quantitative estimate of drug-likeness (QED) is 0.234. The van der Waals surface area contributed by atoms with Gasteiger partial charge in [-0.1, -0.05) is 55.6 Å². The molecule has 0 fully saturated rings. The normalized spacial score (nSPS) is 10.6. The van der Waals surface area contributed by atoms with Crippen molar-refractivity contribution in [3.8, 4) is 0 Å². The summed E-state index contributed by atoms with van der Waals surface area (Å²) in [5, 5.41) is 2.37. The fourth-order valence-corrected chi connectivity index (χ4v) is 4.92. The minimum Gasteiger partial charge on any atom is -0.462 e. The van der Waals surface area contributed by atoms with Crippen LogP contribution in [0.4, 0.5) is 0 Å². The molecule has 0 amide bonds. The number of rotatable bonds is 11. The molecule has 0 aliphatic carbocycles. The molecule has 0 saturated carbocycles. The summed E-state index contributed by atoms with van der Waals surface area (Å²) >= 11 is 3.39. The van der Waals surface area contributed by atoms with Crippen molar-refractivity contribution in [2.45, 2.75) is 4.58 Å². The molecular weight excluding hydrogens is 380 g/mol. The topological polar surface area (TPSA) is 52.6 Å². The molecule has 2 aromatic rings. The van der Waals surface area contributed by atoms with Gasteiger partial charge in [0.25, 0.3) is 0 Å². The van der Waals surface area contributed by atoms with Crippen LogP contribution in [0.1, 0.15) is 10.1 Å². The van der Waals surface area contributed by atoms with Gasteiger partial charge in [0, 0.05) is 23.7 Å². The number of carbonyl (C=O) groups excluding carboxylic acids is 2. The molecule has 0 bridgehead atoms. The first-order chi connectivity index (χ1) is 13.2. The van der Waals surface area contributed by atoms with E-state index >= 15 is 0 Å². The third-order valence-electron chi connectivity index (χ3n) is 3.60. The van der Waals surface area contributed by atoms with E-state index in [1.807, 2.05) is 18.2 Å². The van der Waals surface area contributed by atoms with Crippen LogP contribution < -0.4 is 0 Å². The van der Waals surface area contributed by atoms with E-state index in [0.29, 0.717) is 24.7 Å². The fraction of sp³-hybridized carbons (Fsp3) is 0.238. The highest BCUT2D eigenvalue weighted by molar-refractivity contribution is 8.16. The van der Waals surface area contributed by atoms with Crippen LogP contribution in [0, 0.1) is 0 Å². The highest BCUT2D eigenvalue weighted by Gasteiger charge is 2.16. The van der Waals surface area contributed by atoms with Crippen molar-refractivity contribution in [3.05, 3.63) is 73.3 Å². The summed E-state index contributed by atoms with van der Waals surface area (Å²) < 4.78 is 10.3. The summed E-state index contributed by atoms with van der Waals surface area (Å²) in [6.07, 6.45) is 2.32. The van der Waals surface area contributed by atoms with Crippen LogP contribution in [0.25, 0.3) is 10.8 Å². The number of hydrogen-bond donors (Lipinski definition) is 0. The first-order valence-corrected chi connectivity index (χ1v) is 10.5. The molecule has 0 spiro atoms. The Labute approximate surface area is 168 Å². The summed E-state index contributed by atoms with van der Waals surface area (Å²) in [5.74, 6) is 0.488. The molecule has 0 aliphatic rings. The molecule has 0 saturated heterocycles. The number of thioether (sulfide) groups is 2. The van der Waals surface area contributed by atoms with Gasteiger partial charge < -0.3 is 9.47 Å². The van der Waals surface area contributed by atoms with Crippen LogP contribution in [0.3, 0.4) is 0 Å². The maximum Gasteiger partial charge on any atom is 0.330 e. The number of esters is 2. The number of fused-ring (bicyclic) bond motifs is 1. The Morgan fingerprint density at radius 1 is 0.889 bits per heavy atom. The monoisotopic (exact) mass is 402 g/mol. The molecular formula is C21H22O4S2. The van der Waals surface area contributed by atoms with E-state index in [2.05, 4.69) is 37.4 Å². The van der Waals surface area contributed by atoms with Crippen LogP contribution in [0.5, 0.6) is 0 Å². The summed E-state index contributed by atoms with van der Waals surface area (Å²) in [5.41, 5.74) is 1.20. The number of hydrogen-bond acceptors (Lipinski definition) is 6. The lowest BCUT2D eigenvalue weighted by Gasteiger charge is -2.19. The molecule has 0 aliphatic heterocycles. The third kappa shape index (κ3) is 6.81. The molecule has 4 nitrogen and oxygen atoms in total. The van der Waals surface area contributed by atoms with Crippen molar-refractivity contribution in [3.63, 3.8) is 0 Å². The maximum absolute atomic E-state index is 11.2. The predicted molar refractivity (Wildman–Crippen MR) is 114 cm³/mol. The highest BCUT2D eigenvalue weighted by atomic mass is 32.2. The molecule has 0 radical (unpaired) electrons. The first kappa shape index (κ1) is 21.1. The zero-order valence-corrected chi connectivity index (χ0v) is 16.6. The number of benzene rings is 2. The van der Waals surface area contributed by atoms with Crippen molar-refractivity contribution in [1.82, 2.24) is 0 Å². The minimum absolute atomic E-state index is 0.126.